The van der Waals surface area contributed by atoms with Gasteiger partial charge in [0.2, 0.25) is 4.34 Å². The first-order chi connectivity index (χ1) is 16.4. The third-order valence-corrected chi connectivity index (χ3v) is 8.60. The maximum absolute atomic E-state index is 13.6. The summed E-state index contributed by atoms with van der Waals surface area (Å²) in [6.07, 6.45) is 0. The lowest BCUT2D eigenvalue weighted by Crippen LogP contribution is -2.34. The Bertz CT molecular complexity index is 1340. The zero-order chi connectivity index (χ0) is 25.9. The molecule has 3 aromatic rings. The number of aryl methyl sites for hydroxylation is 2. The Balaban J connectivity index is 2.06. The average molecular weight is 539 g/mol. The van der Waals surface area contributed by atoms with Crippen molar-refractivity contribution in [2.75, 3.05) is 18.0 Å². The van der Waals surface area contributed by atoms with Crippen LogP contribution in [0.4, 0.5) is 5.69 Å². The number of rotatable bonds is 10. The summed E-state index contributed by atoms with van der Waals surface area (Å²) in [4.78, 5) is 15.5. The molecule has 1 aromatic heterocycles. The van der Waals surface area contributed by atoms with Crippen LogP contribution in [0.2, 0.25) is 5.02 Å². The number of hydrogen-bond acceptors (Lipinski definition) is 7. The maximum atomic E-state index is 13.6. The number of carboxylic acid groups (broad SMARTS) is 1. The molecule has 3 rings (SSSR count). The van der Waals surface area contributed by atoms with Gasteiger partial charge in [-0.15, -0.1) is 11.3 Å². The molecule has 11 heteroatoms. The summed E-state index contributed by atoms with van der Waals surface area (Å²) in [5, 5.41) is 11.3. The third kappa shape index (κ3) is 6.06. The van der Waals surface area contributed by atoms with Gasteiger partial charge in [-0.1, -0.05) is 31.5 Å². The lowest BCUT2D eigenvalue weighted by molar-refractivity contribution is 0.0696. The van der Waals surface area contributed by atoms with E-state index in [0.717, 1.165) is 11.3 Å². The van der Waals surface area contributed by atoms with E-state index in [1.54, 1.807) is 37.4 Å². The van der Waals surface area contributed by atoms with Crippen molar-refractivity contribution in [3.05, 3.63) is 63.1 Å². The van der Waals surface area contributed by atoms with Crippen LogP contribution in [0.15, 0.2) is 40.1 Å². The number of nitrogens with zero attached hydrogens (tertiary/aromatic N) is 2. The van der Waals surface area contributed by atoms with Crippen molar-refractivity contribution in [1.29, 1.82) is 0 Å². The summed E-state index contributed by atoms with van der Waals surface area (Å²) in [6.45, 7) is 7.58. The topological polar surface area (TPSA) is 106 Å². The third-order valence-electron chi connectivity index (χ3n) is 5.07. The molecule has 188 valence electrons. The van der Waals surface area contributed by atoms with Crippen molar-refractivity contribution in [2.24, 2.45) is 5.92 Å². The van der Waals surface area contributed by atoms with Crippen molar-refractivity contribution in [2.45, 2.75) is 38.6 Å². The molecule has 0 saturated heterocycles. The van der Waals surface area contributed by atoms with Crippen molar-refractivity contribution in [1.82, 2.24) is 4.98 Å². The van der Waals surface area contributed by atoms with Gasteiger partial charge >= 0.3 is 5.97 Å². The quantitative estimate of drug-likeness (QED) is 0.360. The summed E-state index contributed by atoms with van der Waals surface area (Å²) in [6, 6.07) is 7.72. The van der Waals surface area contributed by atoms with E-state index in [1.165, 1.54) is 23.5 Å². The van der Waals surface area contributed by atoms with Gasteiger partial charge < -0.3 is 14.6 Å². The number of benzene rings is 2. The van der Waals surface area contributed by atoms with Gasteiger partial charge in [-0.05, 0) is 43.5 Å². The summed E-state index contributed by atoms with van der Waals surface area (Å²) in [7, 11) is -2.53. The Kier molecular flexibility index (Phi) is 8.30. The Hall–Kier alpha value is -2.82. The second kappa shape index (κ2) is 10.8. The number of halogens is 1. The molecule has 0 atom stereocenters. The minimum Gasteiger partial charge on any atom is -0.496 e. The number of aromatic carboxylic acids is 1. The molecule has 0 unspecified atom stereocenters. The fraction of sp³-hybridized carbons (Fsp3) is 0.333. The standard InChI is InChI=1S/C24H27ClN2O6S2/c1-14(2)11-27(35(30,31)24-26-16(4)13-34-24)20-8-15(3)19(25)10-22(20)33-12-18-7-6-17(23(28)29)9-21(18)32-5/h6-10,13-14H,11-12H2,1-5H3,(H,28,29). The van der Waals surface area contributed by atoms with Crippen LogP contribution in [0.1, 0.15) is 41.0 Å². The van der Waals surface area contributed by atoms with Crippen molar-refractivity contribution < 1.29 is 27.8 Å². The fourth-order valence-corrected chi connectivity index (χ4v) is 6.23. The first-order valence-electron chi connectivity index (χ1n) is 10.7. The molecule has 0 aliphatic heterocycles. The van der Waals surface area contributed by atoms with Gasteiger partial charge in [0.25, 0.3) is 10.0 Å². The van der Waals surface area contributed by atoms with E-state index in [0.29, 0.717) is 33.3 Å². The molecule has 1 N–H and O–H groups in total. The van der Waals surface area contributed by atoms with Crippen molar-refractivity contribution in [3.8, 4) is 11.5 Å². The zero-order valence-corrected chi connectivity index (χ0v) is 22.4. The van der Waals surface area contributed by atoms with Crippen LogP contribution in [0.25, 0.3) is 0 Å². The molecule has 2 aromatic carbocycles. The number of carboxylic acids is 1. The lowest BCUT2D eigenvalue weighted by Gasteiger charge is -2.27. The van der Waals surface area contributed by atoms with Gasteiger partial charge in [0.05, 0.1) is 18.4 Å². The molecule has 0 saturated carbocycles. The molecule has 35 heavy (non-hydrogen) atoms. The average Bonchev–Trinajstić information content (AvgIpc) is 3.25. The molecule has 1 heterocycles. The Morgan fingerprint density at radius 1 is 1.20 bits per heavy atom. The molecule has 0 fully saturated rings. The van der Waals surface area contributed by atoms with E-state index in [4.69, 9.17) is 21.1 Å². The van der Waals surface area contributed by atoms with E-state index in [1.807, 2.05) is 13.8 Å². The molecule has 8 nitrogen and oxygen atoms in total. The maximum Gasteiger partial charge on any atom is 0.335 e. The largest absolute Gasteiger partial charge is 0.496 e. The number of sulfonamides is 1. The fourth-order valence-electron chi connectivity index (χ4n) is 3.31. The number of hydrogen-bond donors (Lipinski definition) is 1. The molecule has 0 spiro atoms. The van der Waals surface area contributed by atoms with Crippen LogP contribution in [0.3, 0.4) is 0 Å². The van der Waals surface area contributed by atoms with Crippen LogP contribution in [-0.4, -0.2) is 38.1 Å². The monoisotopic (exact) mass is 538 g/mol. The number of methoxy groups -OCH3 is 1. The first kappa shape index (κ1) is 26.8. The minimum absolute atomic E-state index is 0.000122. The highest BCUT2D eigenvalue weighted by molar-refractivity contribution is 7.94. The zero-order valence-electron chi connectivity index (χ0n) is 20.0. The first-order valence-corrected chi connectivity index (χ1v) is 13.4. The van der Waals surface area contributed by atoms with E-state index in [9.17, 15) is 18.3 Å². The van der Waals surface area contributed by atoms with Gasteiger partial charge in [0.15, 0.2) is 0 Å². The summed E-state index contributed by atoms with van der Waals surface area (Å²) in [5.41, 5.74) is 2.33. The summed E-state index contributed by atoms with van der Waals surface area (Å²) in [5.74, 6) is -0.453. The molecule has 0 radical (unpaired) electrons. The number of aromatic nitrogens is 1. The van der Waals surface area contributed by atoms with Crippen molar-refractivity contribution >= 4 is 44.6 Å². The van der Waals surface area contributed by atoms with Crippen LogP contribution in [-0.2, 0) is 16.6 Å². The molecular formula is C24H27ClN2O6S2. The van der Waals surface area contributed by atoms with Gasteiger partial charge in [-0.25, -0.2) is 9.78 Å². The van der Waals surface area contributed by atoms with Gasteiger partial charge in [-0.2, -0.15) is 8.42 Å². The van der Waals surface area contributed by atoms with Gasteiger partial charge in [0, 0.05) is 34.3 Å². The summed E-state index contributed by atoms with van der Waals surface area (Å²) >= 11 is 7.45. The van der Waals surface area contributed by atoms with E-state index >= 15 is 0 Å². The molecule has 0 amide bonds. The molecule has 0 aliphatic rings. The highest BCUT2D eigenvalue weighted by Gasteiger charge is 2.31. The van der Waals surface area contributed by atoms with E-state index in [-0.39, 0.29) is 34.7 Å². The lowest BCUT2D eigenvalue weighted by atomic mass is 10.1. The number of anilines is 1. The van der Waals surface area contributed by atoms with Gasteiger partial charge in [-0.3, -0.25) is 4.31 Å². The Morgan fingerprint density at radius 2 is 1.91 bits per heavy atom. The minimum atomic E-state index is -3.96. The second-order valence-electron chi connectivity index (χ2n) is 8.37. The second-order valence-corrected chi connectivity index (χ2v) is 11.7. The summed E-state index contributed by atoms with van der Waals surface area (Å²) < 4.78 is 39.9. The SMILES string of the molecule is COc1cc(C(=O)O)ccc1COc1cc(Cl)c(C)cc1N(CC(C)C)S(=O)(=O)c1nc(C)cs1. The molecule has 0 aliphatic carbocycles. The normalized spacial score (nSPS) is 11.5. The van der Waals surface area contributed by atoms with E-state index in [2.05, 4.69) is 4.98 Å². The predicted octanol–water partition coefficient (Wildman–Crippen LogP) is 5.55. The van der Waals surface area contributed by atoms with Gasteiger partial charge in [0.1, 0.15) is 18.1 Å². The van der Waals surface area contributed by atoms with Crippen LogP contribution < -0.4 is 13.8 Å². The highest BCUT2D eigenvalue weighted by atomic mass is 35.5. The van der Waals surface area contributed by atoms with Crippen LogP contribution in [0, 0.1) is 19.8 Å². The molecular weight excluding hydrogens is 512 g/mol. The van der Waals surface area contributed by atoms with Crippen LogP contribution in [0.5, 0.6) is 11.5 Å². The smallest absolute Gasteiger partial charge is 0.335 e. The van der Waals surface area contributed by atoms with E-state index < -0.39 is 16.0 Å². The highest BCUT2D eigenvalue weighted by Crippen LogP contribution is 2.38. The number of ether oxygens (including phenoxy) is 2. The Labute approximate surface area is 214 Å². The predicted molar refractivity (Wildman–Crippen MR) is 137 cm³/mol. The molecule has 0 bridgehead atoms. The Morgan fingerprint density at radius 3 is 2.49 bits per heavy atom. The van der Waals surface area contributed by atoms with Crippen molar-refractivity contribution in [3.63, 3.8) is 0 Å². The number of thiazole rings is 1. The number of carbonyl (C=O) groups is 1. The van der Waals surface area contributed by atoms with Crippen LogP contribution >= 0.6 is 22.9 Å².